The molecule has 0 atom stereocenters. The van der Waals surface area contributed by atoms with E-state index in [1.165, 1.54) is 13.2 Å². The summed E-state index contributed by atoms with van der Waals surface area (Å²) in [5.41, 5.74) is 1.82. The van der Waals surface area contributed by atoms with E-state index >= 15 is 0 Å². The SMILES string of the molecule is CCCc1cc(CNC(=O)c2c(OC)cc(=O)n3c2CCNCC3)on1. The van der Waals surface area contributed by atoms with Gasteiger partial charge in [0, 0.05) is 43.9 Å². The second-order valence-electron chi connectivity index (χ2n) is 6.24. The van der Waals surface area contributed by atoms with Crippen molar-refractivity contribution in [1.29, 1.82) is 0 Å². The fraction of sp³-hybridized carbons (Fsp3) is 0.500. The number of methoxy groups -OCH3 is 1. The molecule has 3 rings (SSSR count). The first-order valence-corrected chi connectivity index (χ1v) is 8.88. The highest BCUT2D eigenvalue weighted by molar-refractivity contribution is 5.98. The van der Waals surface area contributed by atoms with Gasteiger partial charge in [-0.05, 0) is 6.42 Å². The summed E-state index contributed by atoms with van der Waals surface area (Å²) in [5, 5.41) is 10.1. The maximum absolute atomic E-state index is 12.8. The Labute approximate surface area is 151 Å². The third-order valence-electron chi connectivity index (χ3n) is 4.42. The molecule has 0 aliphatic carbocycles. The molecule has 140 valence electrons. The van der Waals surface area contributed by atoms with Crippen LogP contribution in [0.15, 0.2) is 21.5 Å². The zero-order chi connectivity index (χ0) is 18.5. The fourth-order valence-corrected chi connectivity index (χ4v) is 3.17. The van der Waals surface area contributed by atoms with E-state index in [2.05, 4.69) is 22.7 Å². The molecule has 0 bridgehead atoms. The van der Waals surface area contributed by atoms with Crippen molar-refractivity contribution in [2.24, 2.45) is 0 Å². The summed E-state index contributed by atoms with van der Waals surface area (Å²) in [6.45, 7) is 4.23. The number of nitrogens with one attached hydrogen (secondary N) is 2. The summed E-state index contributed by atoms with van der Waals surface area (Å²) < 4.78 is 12.2. The van der Waals surface area contributed by atoms with E-state index in [1.807, 2.05) is 6.07 Å². The quantitative estimate of drug-likeness (QED) is 0.793. The van der Waals surface area contributed by atoms with Gasteiger partial charge < -0.3 is 24.5 Å². The predicted octanol–water partition coefficient (Wildman–Crippen LogP) is 0.873. The highest BCUT2D eigenvalue weighted by atomic mass is 16.5. The van der Waals surface area contributed by atoms with E-state index in [1.54, 1.807) is 4.57 Å². The number of carbonyl (C=O) groups excluding carboxylic acids is 1. The molecule has 0 aromatic carbocycles. The number of ether oxygens (including phenoxy) is 1. The summed E-state index contributed by atoms with van der Waals surface area (Å²) in [6, 6.07) is 3.22. The molecular formula is C18H24N4O4. The van der Waals surface area contributed by atoms with Gasteiger partial charge in [0.1, 0.15) is 11.3 Å². The molecular weight excluding hydrogens is 336 g/mol. The molecule has 2 N–H and O–H groups in total. The van der Waals surface area contributed by atoms with Crippen molar-refractivity contribution in [3.05, 3.63) is 45.2 Å². The highest BCUT2D eigenvalue weighted by Gasteiger charge is 2.23. The molecule has 1 aliphatic heterocycles. The Bertz CT molecular complexity index is 840. The van der Waals surface area contributed by atoms with Crippen LogP contribution in [-0.2, 0) is 25.9 Å². The molecule has 8 nitrogen and oxygen atoms in total. The number of fused-ring (bicyclic) bond motifs is 1. The fourth-order valence-electron chi connectivity index (χ4n) is 3.17. The zero-order valence-electron chi connectivity index (χ0n) is 15.1. The largest absolute Gasteiger partial charge is 0.496 e. The third kappa shape index (κ3) is 3.80. The number of amides is 1. The molecule has 3 heterocycles. The Morgan fingerprint density at radius 2 is 2.27 bits per heavy atom. The first-order chi connectivity index (χ1) is 12.6. The average Bonchev–Trinajstić information content (AvgIpc) is 2.93. The van der Waals surface area contributed by atoms with E-state index in [-0.39, 0.29) is 18.0 Å². The lowest BCUT2D eigenvalue weighted by Gasteiger charge is -2.17. The first kappa shape index (κ1) is 18.2. The highest BCUT2D eigenvalue weighted by Crippen LogP contribution is 2.22. The lowest BCUT2D eigenvalue weighted by Crippen LogP contribution is -2.31. The van der Waals surface area contributed by atoms with Gasteiger partial charge in [-0.2, -0.15) is 0 Å². The number of carbonyl (C=O) groups is 1. The van der Waals surface area contributed by atoms with Crippen LogP contribution in [0.25, 0.3) is 0 Å². The van der Waals surface area contributed by atoms with Gasteiger partial charge in [0.2, 0.25) is 0 Å². The van der Waals surface area contributed by atoms with Crippen LogP contribution in [0.4, 0.5) is 0 Å². The van der Waals surface area contributed by atoms with Crippen LogP contribution < -0.4 is 20.9 Å². The second kappa shape index (κ2) is 8.18. The summed E-state index contributed by atoms with van der Waals surface area (Å²) in [6.07, 6.45) is 2.40. The van der Waals surface area contributed by atoms with Crippen molar-refractivity contribution in [1.82, 2.24) is 20.4 Å². The Hall–Kier alpha value is -2.61. The van der Waals surface area contributed by atoms with Gasteiger partial charge in [0.05, 0.1) is 19.3 Å². The number of aromatic nitrogens is 2. The van der Waals surface area contributed by atoms with Crippen LogP contribution >= 0.6 is 0 Å². The van der Waals surface area contributed by atoms with E-state index in [4.69, 9.17) is 9.26 Å². The molecule has 0 saturated heterocycles. The van der Waals surface area contributed by atoms with Gasteiger partial charge in [-0.15, -0.1) is 0 Å². The number of hydrogen-bond donors (Lipinski definition) is 2. The number of aryl methyl sites for hydroxylation is 1. The molecule has 8 heteroatoms. The van der Waals surface area contributed by atoms with Gasteiger partial charge in [-0.25, -0.2) is 0 Å². The minimum absolute atomic E-state index is 0.156. The normalized spacial score (nSPS) is 13.8. The van der Waals surface area contributed by atoms with E-state index in [9.17, 15) is 9.59 Å². The van der Waals surface area contributed by atoms with E-state index in [0.29, 0.717) is 48.8 Å². The van der Waals surface area contributed by atoms with Crippen molar-refractivity contribution in [2.45, 2.75) is 39.3 Å². The summed E-state index contributed by atoms with van der Waals surface area (Å²) in [5.74, 6) is 0.604. The van der Waals surface area contributed by atoms with Gasteiger partial charge >= 0.3 is 0 Å². The van der Waals surface area contributed by atoms with Gasteiger partial charge in [-0.3, -0.25) is 9.59 Å². The first-order valence-electron chi connectivity index (χ1n) is 8.88. The van der Waals surface area contributed by atoms with Gasteiger partial charge in [0.15, 0.2) is 5.76 Å². The van der Waals surface area contributed by atoms with Crippen LogP contribution in [-0.4, -0.2) is 35.8 Å². The molecule has 0 radical (unpaired) electrons. The number of hydrogen-bond acceptors (Lipinski definition) is 6. The third-order valence-corrected chi connectivity index (χ3v) is 4.42. The van der Waals surface area contributed by atoms with Crippen molar-refractivity contribution >= 4 is 5.91 Å². The summed E-state index contributed by atoms with van der Waals surface area (Å²) >= 11 is 0. The maximum atomic E-state index is 12.8. The molecule has 26 heavy (non-hydrogen) atoms. The molecule has 1 amide bonds. The molecule has 2 aromatic rings. The number of pyridine rings is 1. The maximum Gasteiger partial charge on any atom is 0.257 e. The molecule has 0 spiro atoms. The number of nitrogens with zero attached hydrogens (tertiary/aromatic N) is 2. The van der Waals surface area contributed by atoms with E-state index in [0.717, 1.165) is 18.5 Å². The number of rotatable bonds is 6. The van der Waals surface area contributed by atoms with Crippen molar-refractivity contribution < 1.29 is 14.1 Å². The van der Waals surface area contributed by atoms with Crippen LogP contribution in [0.3, 0.4) is 0 Å². The van der Waals surface area contributed by atoms with Crippen LogP contribution in [0, 0.1) is 0 Å². The summed E-state index contributed by atoms with van der Waals surface area (Å²) in [7, 11) is 1.46. The second-order valence-corrected chi connectivity index (χ2v) is 6.24. The van der Waals surface area contributed by atoms with Gasteiger partial charge in [-0.1, -0.05) is 18.5 Å². The average molecular weight is 360 g/mol. The predicted molar refractivity (Wildman–Crippen MR) is 95.5 cm³/mol. The van der Waals surface area contributed by atoms with Gasteiger partial charge in [0.25, 0.3) is 11.5 Å². The zero-order valence-corrected chi connectivity index (χ0v) is 15.1. The van der Waals surface area contributed by atoms with Crippen LogP contribution in [0.2, 0.25) is 0 Å². The smallest absolute Gasteiger partial charge is 0.257 e. The minimum atomic E-state index is -0.291. The standard InChI is InChI=1S/C18H24N4O4/c1-3-4-12-9-13(26-21-12)11-20-18(24)17-14-5-6-19-7-8-22(14)16(23)10-15(17)25-2/h9-10,19H,3-8,11H2,1-2H3,(H,20,24). The molecule has 0 fully saturated rings. The Kier molecular flexibility index (Phi) is 5.72. The Morgan fingerprint density at radius 1 is 1.42 bits per heavy atom. The van der Waals surface area contributed by atoms with Crippen molar-refractivity contribution in [3.8, 4) is 5.75 Å². The molecule has 0 unspecified atom stereocenters. The van der Waals surface area contributed by atoms with Crippen molar-refractivity contribution in [2.75, 3.05) is 20.2 Å². The van der Waals surface area contributed by atoms with Crippen molar-refractivity contribution in [3.63, 3.8) is 0 Å². The molecule has 1 aliphatic rings. The van der Waals surface area contributed by atoms with Crippen LogP contribution in [0.1, 0.15) is 40.9 Å². The lowest BCUT2D eigenvalue weighted by molar-refractivity contribution is 0.0942. The minimum Gasteiger partial charge on any atom is -0.496 e. The van der Waals surface area contributed by atoms with Crippen LogP contribution in [0.5, 0.6) is 5.75 Å². The topological polar surface area (TPSA) is 98.4 Å². The monoisotopic (exact) mass is 360 g/mol. The summed E-state index contributed by atoms with van der Waals surface area (Å²) in [4.78, 5) is 25.2. The van der Waals surface area contributed by atoms with E-state index < -0.39 is 0 Å². The molecule has 2 aromatic heterocycles. The lowest BCUT2D eigenvalue weighted by atomic mass is 10.1. The molecule has 0 saturated carbocycles. The Morgan fingerprint density at radius 3 is 3.04 bits per heavy atom. The Balaban J connectivity index is 1.84.